The predicted molar refractivity (Wildman–Crippen MR) is 111 cm³/mol. The summed E-state index contributed by atoms with van der Waals surface area (Å²) in [7, 11) is 4.20. The fourth-order valence-corrected chi connectivity index (χ4v) is 2.96. The largest absolute Gasteiger partial charge is 0.508 e. The molecule has 0 aliphatic heterocycles. The highest BCUT2D eigenvalue weighted by Gasteiger charge is 2.42. The number of phenols is 1. The van der Waals surface area contributed by atoms with Gasteiger partial charge in [0.1, 0.15) is 5.75 Å². The Morgan fingerprint density at radius 3 is 1.94 bits per heavy atom. The summed E-state index contributed by atoms with van der Waals surface area (Å²) in [5.74, 6) is -1.41. The van der Waals surface area contributed by atoms with Crippen molar-refractivity contribution in [3.05, 3.63) is 47.5 Å². The minimum absolute atomic E-state index is 0.0346. The number of rotatable bonds is 12. The summed E-state index contributed by atoms with van der Waals surface area (Å²) in [6, 6.07) is 8.91. The second-order valence-electron chi connectivity index (χ2n) is 6.87. The number of methoxy groups -OCH3 is 3. The Balaban J connectivity index is 2.35. The van der Waals surface area contributed by atoms with E-state index >= 15 is 0 Å². The van der Waals surface area contributed by atoms with Gasteiger partial charge in [0.05, 0.1) is 7.11 Å². The molecule has 2 aromatic rings. The number of ether oxygens (including phenoxy) is 5. The van der Waals surface area contributed by atoms with E-state index in [-0.39, 0.29) is 56.1 Å². The lowest BCUT2D eigenvalue weighted by molar-refractivity contribution is -0.186. The van der Waals surface area contributed by atoms with Gasteiger partial charge in [0.25, 0.3) is 0 Å². The fraction of sp³-hybridized carbons (Fsp3) is 0.409. The van der Waals surface area contributed by atoms with Crippen LogP contribution in [-0.2, 0) is 27.2 Å². The summed E-state index contributed by atoms with van der Waals surface area (Å²) in [6.07, 6.45) is -4.90. The van der Waals surface area contributed by atoms with Crippen molar-refractivity contribution >= 4 is 5.91 Å². The number of hydrogen-bond donors (Lipinski definition) is 1. The van der Waals surface area contributed by atoms with Crippen molar-refractivity contribution in [2.45, 2.75) is 19.1 Å². The molecule has 0 atom stereocenters. The SMILES string of the molecule is COCOc1cc(CN(CCc2ccc(O)cc2)C(=O)C(F)(F)F)cc(OCOC)c1OC. The number of hydrogen-bond acceptors (Lipinski definition) is 7. The van der Waals surface area contributed by atoms with Gasteiger partial charge >= 0.3 is 12.1 Å². The number of phenolic OH excluding ortho intramolecular Hbond substituents is 1. The third-order valence-corrected chi connectivity index (χ3v) is 4.46. The Hall–Kier alpha value is -3.18. The Labute approximate surface area is 189 Å². The molecule has 0 unspecified atom stereocenters. The normalized spacial score (nSPS) is 11.2. The van der Waals surface area contributed by atoms with Gasteiger partial charge in [0.15, 0.2) is 25.1 Å². The first-order valence-electron chi connectivity index (χ1n) is 9.78. The summed E-state index contributed by atoms with van der Waals surface area (Å²) in [6.45, 7) is -0.865. The molecule has 0 heterocycles. The minimum atomic E-state index is -5.05. The molecule has 0 fully saturated rings. The molecule has 0 bridgehead atoms. The molecule has 2 rings (SSSR count). The molecule has 33 heavy (non-hydrogen) atoms. The van der Waals surface area contributed by atoms with Gasteiger partial charge in [0.2, 0.25) is 5.75 Å². The maximum atomic E-state index is 13.3. The Morgan fingerprint density at radius 1 is 0.939 bits per heavy atom. The van der Waals surface area contributed by atoms with Gasteiger partial charge in [-0.05, 0) is 41.8 Å². The number of alkyl halides is 3. The maximum Gasteiger partial charge on any atom is 0.471 e. The lowest BCUT2D eigenvalue weighted by Gasteiger charge is -2.25. The van der Waals surface area contributed by atoms with Crippen LogP contribution < -0.4 is 14.2 Å². The van der Waals surface area contributed by atoms with Crippen molar-refractivity contribution in [2.75, 3.05) is 41.5 Å². The zero-order valence-corrected chi connectivity index (χ0v) is 18.5. The number of carbonyl (C=O) groups is 1. The van der Waals surface area contributed by atoms with Gasteiger partial charge in [-0.1, -0.05) is 12.1 Å². The number of halogens is 3. The zero-order chi connectivity index (χ0) is 24.4. The second-order valence-corrected chi connectivity index (χ2v) is 6.87. The molecule has 0 aliphatic carbocycles. The molecule has 1 N–H and O–H groups in total. The van der Waals surface area contributed by atoms with Crippen LogP contribution in [-0.4, -0.2) is 63.5 Å². The van der Waals surface area contributed by atoms with Gasteiger partial charge in [-0.3, -0.25) is 4.79 Å². The van der Waals surface area contributed by atoms with Crippen molar-refractivity contribution in [2.24, 2.45) is 0 Å². The van der Waals surface area contributed by atoms with Crippen molar-refractivity contribution < 1.29 is 46.8 Å². The number of amides is 1. The van der Waals surface area contributed by atoms with Crippen molar-refractivity contribution in [3.63, 3.8) is 0 Å². The van der Waals surface area contributed by atoms with Crippen LogP contribution in [0.1, 0.15) is 11.1 Å². The fourth-order valence-electron chi connectivity index (χ4n) is 2.96. The van der Waals surface area contributed by atoms with Crippen LogP contribution in [0.15, 0.2) is 36.4 Å². The van der Waals surface area contributed by atoms with E-state index in [0.717, 1.165) is 0 Å². The summed E-state index contributed by atoms with van der Waals surface area (Å²) in [4.78, 5) is 12.8. The first kappa shape index (κ1) is 26.1. The molecule has 0 spiro atoms. The van der Waals surface area contributed by atoms with Crippen LogP contribution in [0.5, 0.6) is 23.0 Å². The molecule has 0 radical (unpaired) electrons. The lowest BCUT2D eigenvalue weighted by Crippen LogP contribution is -2.41. The van der Waals surface area contributed by atoms with Crippen LogP contribution in [0.2, 0.25) is 0 Å². The van der Waals surface area contributed by atoms with E-state index in [4.69, 9.17) is 23.7 Å². The van der Waals surface area contributed by atoms with Gasteiger partial charge < -0.3 is 33.7 Å². The zero-order valence-electron chi connectivity index (χ0n) is 18.5. The molecule has 0 aromatic heterocycles. The highest BCUT2D eigenvalue weighted by Crippen LogP contribution is 2.39. The monoisotopic (exact) mass is 473 g/mol. The first-order valence-corrected chi connectivity index (χ1v) is 9.78. The quantitative estimate of drug-likeness (QED) is 0.472. The lowest BCUT2D eigenvalue weighted by atomic mass is 10.1. The van der Waals surface area contributed by atoms with Crippen molar-refractivity contribution in [1.29, 1.82) is 0 Å². The van der Waals surface area contributed by atoms with Gasteiger partial charge in [-0.25, -0.2) is 0 Å². The van der Waals surface area contributed by atoms with Gasteiger partial charge in [0, 0.05) is 27.3 Å². The highest BCUT2D eigenvalue weighted by molar-refractivity contribution is 5.82. The van der Waals surface area contributed by atoms with Crippen LogP contribution >= 0.6 is 0 Å². The number of carbonyl (C=O) groups excluding carboxylic acids is 1. The molecule has 8 nitrogen and oxygen atoms in total. The standard InChI is InChI=1S/C22H26F3NO7/c1-29-13-32-18-10-16(11-19(20(18)31-3)33-14-30-2)12-26(21(28)22(23,24)25)9-8-15-4-6-17(27)7-5-15/h4-7,10-11,27H,8-9,12-14H2,1-3H3. The summed E-state index contributed by atoms with van der Waals surface area (Å²) in [5, 5.41) is 9.38. The summed E-state index contributed by atoms with van der Waals surface area (Å²) >= 11 is 0. The van der Waals surface area contributed by atoms with Crippen molar-refractivity contribution in [1.82, 2.24) is 4.90 Å². The average molecular weight is 473 g/mol. The van der Waals surface area contributed by atoms with E-state index in [1.165, 1.54) is 45.6 Å². The predicted octanol–water partition coefficient (Wildman–Crippen LogP) is 3.50. The number of benzene rings is 2. The third-order valence-electron chi connectivity index (χ3n) is 4.46. The molecular weight excluding hydrogens is 447 g/mol. The second kappa shape index (κ2) is 12.2. The van der Waals surface area contributed by atoms with Gasteiger partial charge in [-0.15, -0.1) is 0 Å². The molecule has 0 saturated carbocycles. The molecule has 182 valence electrons. The van der Waals surface area contributed by atoms with Crippen LogP contribution in [0.25, 0.3) is 0 Å². The Morgan fingerprint density at radius 2 is 1.48 bits per heavy atom. The van der Waals surface area contributed by atoms with E-state index in [9.17, 15) is 23.1 Å². The van der Waals surface area contributed by atoms with E-state index < -0.39 is 12.1 Å². The smallest absolute Gasteiger partial charge is 0.471 e. The van der Waals surface area contributed by atoms with Gasteiger partial charge in [-0.2, -0.15) is 13.2 Å². The molecular formula is C22H26F3NO7. The Bertz CT molecular complexity index is 875. The maximum absolute atomic E-state index is 13.3. The number of nitrogens with zero attached hydrogens (tertiary/aromatic N) is 1. The van der Waals surface area contributed by atoms with Crippen LogP contribution in [0, 0.1) is 0 Å². The van der Waals surface area contributed by atoms with E-state index in [1.807, 2.05) is 0 Å². The molecule has 2 aromatic carbocycles. The highest BCUT2D eigenvalue weighted by atomic mass is 19.4. The van der Waals surface area contributed by atoms with Crippen LogP contribution in [0.4, 0.5) is 13.2 Å². The topological polar surface area (TPSA) is 86.7 Å². The van der Waals surface area contributed by atoms with E-state index in [1.54, 1.807) is 12.1 Å². The molecule has 0 saturated heterocycles. The molecule has 1 amide bonds. The van der Waals surface area contributed by atoms with Crippen molar-refractivity contribution in [3.8, 4) is 23.0 Å². The first-order chi connectivity index (χ1) is 15.7. The molecule has 0 aliphatic rings. The van der Waals surface area contributed by atoms with Crippen LogP contribution in [0.3, 0.4) is 0 Å². The number of aromatic hydroxyl groups is 1. The summed E-state index contributed by atoms with van der Waals surface area (Å²) in [5.41, 5.74) is 0.979. The Kier molecular flexibility index (Phi) is 9.61. The van der Waals surface area contributed by atoms with E-state index in [0.29, 0.717) is 16.0 Å². The molecule has 11 heteroatoms. The van der Waals surface area contributed by atoms with E-state index in [2.05, 4.69) is 0 Å². The average Bonchev–Trinajstić information content (AvgIpc) is 2.78. The minimum Gasteiger partial charge on any atom is -0.508 e. The summed E-state index contributed by atoms with van der Waals surface area (Å²) < 4.78 is 65.8. The third kappa shape index (κ3) is 7.72.